The van der Waals surface area contributed by atoms with Gasteiger partial charge in [0, 0.05) is 28.1 Å². The molecule has 7 heteroatoms. The maximum absolute atomic E-state index is 13.3. The minimum absolute atomic E-state index is 0.387. The van der Waals surface area contributed by atoms with Crippen molar-refractivity contribution in [1.29, 1.82) is 0 Å². The van der Waals surface area contributed by atoms with E-state index in [1.807, 2.05) is 25.1 Å². The van der Waals surface area contributed by atoms with Crippen LogP contribution in [0.5, 0.6) is 0 Å². The van der Waals surface area contributed by atoms with E-state index in [2.05, 4.69) is 36.5 Å². The van der Waals surface area contributed by atoms with Gasteiger partial charge in [0.05, 0.1) is 0 Å². The first kappa shape index (κ1) is 16.3. The van der Waals surface area contributed by atoms with E-state index in [1.165, 1.54) is 6.07 Å². The van der Waals surface area contributed by atoms with E-state index in [-0.39, 0.29) is 0 Å². The fourth-order valence-corrected chi connectivity index (χ4v) is 2.39. The van der Waals surface area contributed by atoms with Gasteiger partial charge in [0.15, 0.2) is 11.6 Å². The Morgan fingerprint density at radius 2 is 1.67 bits per heavy atom. The van der Waals surface area contributed by atoms with Gasteiger partial charge >= 0.3 is 0 Å². The number of nitrogens with one attached hydrogen (secondary N) is 2. The Hall–Kier alpha value is -2.54. The van der Waals surface area contributed by atoms with Gasteiger partial charge in [-0.05, 0) is 42.8 Å². The molecule has 2 N–H and O–H groups in total. The van der Waals surface area contributed by atoms with Crippen LogP contribution < -0.4 is 10.6 Å². The average molecular weight is 391 g/mol. The molecule has 122 valence electrons. The zero-order chi connectivity index (χ0) is 17.1. The van der Waals surface area contributed by atoms with Crippen LogP contribution in [-0.2, 0) is 0 Å². The van der Waals surface area contributed by atoms with Crippen molar-refractivity contribution in [3.63, 3.8) is 0 Å². The molecule has 24 heavy (non-hydrogen) atoms. The largest absolute Gasteiger partial charge is 0.340 e. The van der Waals surface area contributed by atoms with Gasteiger partial charge in [-0.2, -0.15) is 4.98 Å². The van der Waals surface area contributed by atoms with Crippen LogP contribution in [-0.4, -0.2) is 9.97 Å². The molecule has 0 aliphatic carbocycles. The summed E-state index contributed by atoms with van der Waals surface area (Å²) in [4.78, 5) is 8.45. The predicted octanol–water partition coefficient (Wildman–Crippen LogP) is 5.31. The molecule has 1 heterocycles. The smallest absolute Gasteiger partial charge is 0.229 e. The molecular formula is C17H13BrF2N4. The summed E-state index contributed by atoms with van der Waals surface area (Å²) in [6.07, 6.45) is 1.57. The third kappa shape index (κ3) is 3.86. The highest BCUT2D eigenvalue weighted by Crippen LogP contribution is 2.23. The van der Waals surface area contributed by atoms with Gasteiger partial charge in [-0.25, -0.2) is 13.8 Å². The number of benzene rings is 2. The topological polar surface area (TPSA) is 49.8 Å². The first-order valence-corrected chi connectivity index (χ1v) is 7.89. The lowest BCUT2D eigenvalue weighted by atomic mass is 10.2. The Labute approximate surface area is 146 Å². The molecule has 0 saturated carbocycles. The van der Waals surface area contributed by atoms with Gasteiger partial charge < -0.3 is 10.6 Å². The van der Waals surface area contributed by atoms with Crippen LogP contribution in [0, 0.1) is 18.6 Å². The lowest BCUT2D eigenvalue weighted by Crippen LogP contribution is -2.01. The highest BCUT2D eigenvalue weighted by atomic mass is 79.9. The average Bonchev–Trinajstić information content (AvgIpc) is 2.55. The fourth-order valence-electron chi connectivity index (χ4n) is 2.01. The van der Waals surface area contributed by atoms with E-state index in [4.69, 9.17) is 0 Å². The molecule has 0 unspecified atom stereocenters. The quantitative estimate of drug-likeness (QED) is 0.633. The van der Waals surface area contributed by atoms with Gasteiger partial charge in [-0.3, -0.25) is 0 Å². The Balaban J connectivity index is 1.78. The standard InChI is InChI=1S/C17H13BrF2N4/c1-10-2-3-11(8-13(10)18)23-17-21-7-6-16(24-17)22-12-4-5-14(19)15(20)9-12/h2-9H,1H3,(H2,21,22,23,24). The maximum Gasteiger partial charge on any atom is 0.229 e. The van der Waals surface area contributed by atoms with Crippen molar-refractivity contribution in [2.24, 2.45) is 0 Å². The molecule has 3 aromatic rings. The molecule has 4 nitrogen and oxygen atoms in total. The summed E-state index contributed by atoms with van der Waals surface area (Å²) in [7, 11) is 0. The van der Waals surface area contributed by atoms with E-state index in [9.17, 15) is 8.78 Å². The molecule has 1 aromatic heterocycles. The lowest BCUT2D eigenvalue weighted by Gasteiger charge is -2.09. The second kappa shape index (κ2) is 6.92. The number of rotatable bonds is 4. The summed E-state index contributed by atoms with van der Waals surface area (Å²) in [6.45, 7) is 2.00. The number of anilines is 4. The van der Waals surface area contributed by atoms with Crippen LogP contribution in [0.15, 0.2) is 53.1 Å². The molecular weight excluding hydrogens is 378 g/mol. The number of nitrogens with zero attached hydrogens (tertiary/aromatic N) is 2. The number of halogens is 3. The number of aryl methyl sites for hydroxylation is 1. The zero-order valence-electron chi connectivity index (χ0n) is 12.6. The molecule has 2 aromatic carbocycles. The van der Waals surface area contributed by atoms with E-state index < -0.39 is 11.6 Å². The number of aromatic nitrogens is 2. The van der Waals surface area contributed by atoms with Crippen LogP contribution >= 0.6 is 15.9 Å². The Kier molecular flexibility index (Phi) is 4.71. The van der Waals surface area contributed by atoms with E-state index >= 15 is 0 Å². The summed E-state index contributed by atoms with van der Waals surface area (Å²) in [5.41, 5.74) is 2.35. The Morgan fingerprint density at radius 1 is 0.917 bits per heavy atom. The van der Waals surface area contributed by atoms with Crippen LogP contribution in [0.1, 0.15) is 5.56 Å². The normalized spacial score (nSPS) is 10.5. The second-order valence-electron chi connectivity index (χ2n) is 5.11. The molecule has 0 saturated heterocycles. The van der Waals surface area contributed by atoms with Crippen LogP contribution in [0.4, 0.5) is 31.9 Å². The van der Waals surface area contributed by atoms with Gasteiger partial charge in [0.2, 0.25) is 5.95 Å². The summed E-state index contributed by atoms with van der Waals surface area (Å²) < 4.78 is 27.2. The van der Waals surface area contributed by atoms with Crippen LogP contribution in [0.3, 0.4) is 0 Å². The van der Waals surface area contributed by atoms with Crippen molar-refractivity contribution in [3.05, 3.63) is 70.3 Å². The third-order valence-electron chi connectivity index (χ3n) is 3.28. The molecule has 3 rings (SSSR count). The van der Waals surface area contributed by atoms with Gasteiger partial charge in [-0.1, -0.05) is 22.0 Å². The maximum atomic E-state index is 13.3. The second-order valence-corrected chi connectivity index (χ2v) is 5.96. The van der Waals surface area contributed by atoms with Crippen molar-refractivity contribution in [2.75, 3.05) is 10.6 Å². The molecule has 0 atom stereocenters. The lowest BCUT2D eigenvalue weighted by molar-refractivity contribution is 0.509. The Morgan fingerprint density at radius 3 is 2.42 bits per heavy atom. The molecule has 0 aliphatic rings. The monoisotopic (exact) mass is 390 g/mol. The van der Waals surface area contributed by atoms with E-state index in [1.54, 1.807) is 12.3 Å². The fraction of sp³-hybridized carbons (Fsp3) is 0.0588. The van der Waals surface area contributed by atoms with Gasteiger partial charge in [0.1, 0.15) is 5.82 Å². The van der Waals surface area contributed by atoms with Crippen molar-refractivity contribution in [3.8, 4) is 0 Å². The molecule has 0 amide bonds. The van der Waals surface area contributed by atoms with E-state index in [0.29, 0.717) is 17.5 Å². The molecule has 0 spiro atoms. The minimum Gasteiger partial charge on any atom is -0.340 e. The zero-order valence-corrected chi connectivity index (χ0v) is 14.2. The summed E-state index contributed by atoms with van der Waals surface area (Å²) >= 11 is 3.47. The highest BCUT2D eigenvalue weighted by molar-refractivity contribution is 9.10. The van der Waals surface area contributed by atoms with Crippen LogP contribution in [0.2, 0.25) is 0 Å². The van der Waals surface area contributed by atoms with Crippen LogP contribution in [0.25, 0.3) is 0 Å². The van der Waals surface area contributed by atoms with Crippen molar-refractivity contribution in [2.45, 2.75) is 6.92 Å². The van der Waals surface area contributed by atoms with Gasteiger partial charge in [-0.15, -0.1) is 0 Å². The van der Waals surface area contributed by atoms with E-state index in [0.717, 1.165) is 27.9 Å². The van der Waals surface area contributed by atoms with Crippen molar-refractivity contribution in [1.82, 2.24) is 9.97 Å². The Bertz CT molecular complexity index is 817. The summed E-state index contributed by atoms with van der Waals surface area (Å²) in [5.74, 6) is -0.963. The molecule has 0 radical (unpaired) electrons. The first-order valence-electron chi connectivity index (χ1n) is 7.09. The number of hydrogen-bond donors (Lipinski definition) is 2. The predicted molar refractivity (Wildman–Crippen MR) is 93.8 cm³/mol. The minimum atomic E-state index is -0.920. The molecule has 0 aliphatic heterocycles. The third-order valence-corrected chi connectivity index (χ3v) is 4.13. The molecule has 0 bridgehead atoms. The highest BCUT2D eigenvalue weighted by Gasteiger charge is 2.05. The molecule has 0 fully saturated rings. The van der Waals surface area contributed by atoms with Gasteiger partial charge in [0.25, 0.3) is 0 Å². The summed E-state index contributed by atoms with van der Waals surface area (Å²) in [5, 5.41) is 6.00. The van der Waals surface area contributed by atoms with Crippen molar-refractivity contribution >= 4 is 39.1 Å². The SMILES string of the molecule is Cc1ccc(Nc2nccc(Nc3ccc(F)c(F)c3)n2)cc1Br. The number of hydrogen-bond acceptors (Lipinski definition) is 4. The summed E-state index contributed by atoms with van der Waals surface area (Å²) in [6, 6.07) is 11.0. The van der Waals surface area contributed by atoms with Crippen molar-refractivity contribution < 1.29 is 8.78 Å². The first-order chi connectivity index (χ1) is 11.5.